The number of fused-ring (bicyclic) bond motifs is 4. The summed E-state index contributed by atoms with van der Waals surface area (Å²) in [6.45, 7) is 12.8. The van der Waals surface area contributed by atoms with Crippen LogP contribution in [0.4, 0.5) is 0 Å². The predicted octanol–water partition coefficient (Wildman–Crippen LogP) is 14.7. The molecule has 4 saturated heterocycles. The first-order valence-electron chi connectivity index (χ1n) is 29.7. The quantitative estimate of drug-likeness (QED) is 0.0835. The lowest BCUT2D eigenvalue weighted by Crippen LogP contribution is -2.28. The topological polar surface area (TPSA) is 73.8 Å². The fourth-order valence-electron chi connectivity index (χ4n) is 11.3. The van der Waals surface area contributed by atoms with Gasteiger partial charge in [-0.1, -0.05) is 117 Å². The van der Waals surface area contributed by atoms with Gasteiger partial charge in [0.05, 0.1) is 79.3 Å². The van der Waals surface area contributed by atoms with Crippen LogP contribution in [0.25, 0.3) is 43.1 Å². The van der Waals surface area contributed by atoms with Crippen molar-refractivity contribution in [2.75, 3.05) is 119 Å². The van der Waals surface area contributed by atoms with E-state index in [2.05, 4.69) is 153 Å². The normalized spacial score (nSPS) is 17.8. The van der Waals surface area contributed by atoms with E-state index in [0.29, 0.717) is 6.10 Å². The van der Waals surface area contributed by atoms with Gasteiger partial charge in [0.2, 0.25) is 19.6 Å². The average molecular weight is 1170 g/mol. The van der Waals surface area contributed by atoms with Gasteiger partial charge in [0.15, 0.2) is 23.0 Å². The Kier molecular flexibility index (Phi) is 22.9. The van der Waals surface area contributed by atoms with Gasteiger partial charge >= 0.3 is 0 Å². The molecule has 5 fully saturated rings. The molecule has 4 heterocycles. The first-order valence-corrected chi connectivity index (χ1v) is 35.9. The first kappa shape index (κ1) is 59.4. The highest BCUT2D eigenvalue weighted by Gasteiger charge is 2.35. The van der Waals surface area contributed by atoms with Gasteiger partial charge in [0, 0.05) is 65.1 Å². The van der Waals surface area contributed by atoms with E-state index >= 15 is 0 Å². The van der Waals surface area contributed by atoms with Crippen LogP contribution in [-0.2, 0) is 62.5 Å². The van der Waals surface area contributed by atoms with Crippen LogP contribution >= 0.6 is 0 Å². The summed E-state index contributed by atoms with van der Waals surface area (Å²) in [5.74, 6) is 13.3. The van der Waals surface area contributed by atoms with Crippen molar-refractivity contribution in [3.63, 3.8) is 0 Å². The minimum Gasteiger partial charge on any atom is -0.492 e. The summed E-state index contributed by atoms with van der Waals surface area (Å²) in [7, 11) is 2.77. The lowest BCUT2D eigenvalue weighted by Gasteiger charge is -2.25. The number of benzene rings is 8. The lowest BCUT2D eigenvalue weighted by atomic mass is 9.98. The second-order valence-electron chi connectivity index (χ2n) is 20.7. The molecule has 8 aromatic rings. The Balaban J connectivity index is 0.000000122. The summed E-state index contributed by atoms with van der Waals surface area (Å²) in [4.78, 5) is 5.67. The molecule has 5 aliphatic rings. The van der Waals surface area contributed by atoms with Crippen molar-refractivity contribution in [3.8, 4) is 23.0 Å². The Morgan fingerprint density at radius 2 is 0.716 bits per heavy atom. The van der Waals surface area contributed by atoms with Gasteiger partial charge in [0.25, 0.3) is 0 Å². The van der Waals surface area contributed by atoms with Crippen LogP contribution in [0, 0.1) is 0 Å². The predicted molar refractivity (Wildman–Crippen MR) is 346 cm³/mol. The van der Waals surface area contributed by atoms with E-state index < -0.39 is 0 Å². The smallest absolute Gasteiger partial charge is 0.204 e. The van der Waals surface area contributed by atoms with Crippen LogP contribution in [0.1, 0.15) is 58.8 Å². The van der Waals surface area contributed by atoms with Crippen LogP contribution in [0.2, 0.25) is 0 Å². The van der Waals surface area contributed by atoms with Gasteiger partial charge in [-0.05, 0) is 109 Å². The SMILES string of the molecule is CCCCOc1ccc2ccccc2c1[S+]1CCOCC1.CCOc1ccc2ccccc2c1[S+]1CCOCC1.COc1ccc2ccccc2c1[S+]1CCOCC1.c1ccc2c([S+]3CCOCC3)c(OC3CCCCC3)ccc2c1. The Morgan fingerprint density at radius 3 is 1.09 bits per heavy atom. The van der Waals surface area contributed by atoms with Gasteiger partial charge in [-0.15, -0.1) is 0 Å². The summed E-state index contributed by atoms with van der Waals surface area (Å²) in [5, 5.41) is 10.7. The molecule has 8 aromatic carbocycles. The third-order valence-electron chi connectivity index (χ3n) is 15.4. The molecule has 0 radical (unpaired) electrons. The van der Waals surface area contributed by atoms with Crippen molar-refractivity contribution in [2.45, 2.75) is 84.5 Å². The maximum Gasteiger partial charge on any atom is 0.204 e. The van der Waals surface area contributed by atoms with Crippen molar-refractivity contribution in [1.29, 1.82) is 0 Å². The molecule has 428 valence electrons. The molecule has 0 atom stereocenters. The average Bonchev–Trinajstić information content (AvgIpc) is 3.58. The van der Waals surface area contributed by atoms with Crippen molar-refractivity contribution in [3.05, 3.63) is 146 Å². The molecule has 4 aliphatic heterocycles. The van der Waals surface area contributed by atoms with E-state index in [1.54, 1.807) is 7.11 Å². The highest BCUT2D eigenvalue weighted by molar-refractivity contribution is 7.98. The molecular formula is C69H84O8S4+4. The zero-order valence-electron chi connectivity index (χ0n) is 48.0. The van der Waals surface area contributed by atoms with E-state index in [4.69, 9.17) is 37.9 Å². The van der Waals surface area contributed by atoms with E-state index in [0.717, 1.165) is 142 Å². The summed E-state index contributed by atoms with van der Waals surface area (Å²) in [6, 6.07) is 51.9. The van der Waals surface area contributed by atoms with Crippen molar-refractivity contribution < 1.29 is 37.9 Å². The van der Waals surface area contributed by atoms with Crippen LogP contribution < -0.4 is 18.9 Å². The number of hydrogen-bond acceptors (Lipinski definition) is 8. The van der Waals surface area contributed by atoms with E-state index in [1.165, 1.54) is 101 Å². The molecule has 13 rings (SSSR count). The molecule has 1 saturated carbocycles. The third-order valence-corrected chi connectivity index (χ3v) is 24.7. The molecule has 0 aromatic heterocycles. The highest BCUT2D eigenvalue weighted by atomic mass is 32.2. The molecular weight excluding hydrogens is 1090 g/mol. The van der Waals surface area contributed by atoms with Crippen LogP contribution in [0.5, 0.6) is 23.0 Å². The van der Waals surface area contributed by atoms with Gasteiger partial charge in [-0.25, -0.2) is 0 Å². The van der Waals surface area contributed by atoms with Gasteiger partial charge in [-0.3, -0.25) is 0 Å². The number of hydrogen-bond donors (Lipinski definition) is 0. The maximum absolute atomic E-state index is 6.51. The maximum atomic E-state index is 6.51. The summed E-state index contributed by atoms with van der Waals surface area (Å²) in [6.07, 6.45) is 9.11. The Labute approximate surface area is 493 Å². The van der Waals surface area contributed by atoms with E-state index in [9.17, 15) is 0 Å². The van der Waals surface area contributed by atoms with Gasteiger partial charge in [0.1, 0.15) is 46.0 Å². The summed E-state index contributed by atoms with van der Waals surface area (Å²) in [5.41, 5.74) is 0. The van der Waals surface area contributed by atoms with Crippen LogP contribution in [0.15, 0.2) is 165 Å². The standard InChI is InChI=1S/C20H25O2S.C18H23O2S.C16H19O2S.C15H17O2S/c1-2-7-17(8-3-1)22-19-11-10-16-6-4-5-9-18(16)20(19)23-14-12-21-13-15-23;1-2-3-10-20-17-9-8-15-6-4-5-7-16(15)18(17)21-13-11-19-12-14-21;1-2-18-15-8-7-13-5-3-4-6-14(13)16(15)19-11-9-17-10-12-19;1-16-14-7-6-12-4-2-3-5-13(12)15(14)18-10-8-17-9-11-18/h4-6,9-11,17H,1-3,7-8,12-15H2;4-9H,2-3,10-14H2,1H3;3-8H,2,9-12H2,1H3;2-7H,8-11H2,1H3/q4*+1. The second-order valence-corrected chi connectivity index (χ2v) is 29.6. The lowest BCUT2D eigenvalue weighted by molar-refractivity contribution is 0.150. The molecule has 0 amide bonds. The third kappa shape index (κ3) is 15.5. The molecule has 1 aliphatic carbocycles. The minimum absolute atomic E-state index is 0.250. The molecule has 0 spiro atoms. The molecule has 81 heavy (non-hydrogen) atoms. The number of unbranched alkanes of at least 4 members (excludes halogenated alkanes) is 1. The fraction of sp³-hybridized carbons (Fsp3) is 0.420. The fourth-order valence-corrected chi connectivity index (χ4v) is 20.0. The zero-order chi connectivity index (χ0) is 55.4. The van der Waals surface area contributed by atoms with E-state index in [1.807, 2.05) is 6.92 Å². The molecule has 0 N–H and O–H groups in total. The molecule has 12 heteroatoms. The highest BCUT2D eigenvalue weighted by Crippen LogP contribution is 2.40. The number of ether oxygens (including phenoxy) is 8. The van der Waals surface area contributed by atoms with Crippen LogP contribution in [-0.4, -0.2) is 125 Å². The van der Waals surface area contributed by atoms with Crippen molar-refractivity contribution in [1.82, 2.24) is 0 Å². The summed E-state index contributed by atoms with van der Waals surface area (Å²) >= 11 is 0. The minimum atomic E-state index is 0.250. The molecule has 0 unspecified atom stereocenters. The first-order chi connectivity index (χ1) is 40.1. The van der Waals surface area contributed by atoms with Crippen LogP contribution in [0.3, 0.4) is 0 Å². The summed E-state index contributed by atoms with van der Waals surface area (Å²) < 4.78 is 46.2. The Bertz CT molecular complexity index is 3210. The second kappa shape index (κ2) is 31.2. The van der Waals surface area contributed by atoms with E-state index in [-0.39, 0.29) is 43.6 Å². The number of rotatable bonds is 13. The zero-order valence-corrected chi connectivity index (χ0v) is 51.3. The molecule has 8 nitrogen and oxygen atoms in total. The van der Waals surface area contributed by atoms with Gasteiger partial charge in [-0.2, -0.15) is 0 Å². The van der Waals surface area contributed by atoms with Gasteiger partial charge < -0.3 is 37.9 Å². The Hall–Kier alpha value is -4.76. The van der Waals surface area contributed by atoms with Crippen molar-refractivity contribution in [2.24, 2.45) is 0 Å². The monoisotopic (exact) mass is 1170 g/mol. The number of methoxy groups -OCH3 is 1. The molecule has 0 bridgehead atoms. The van der Waals surface area contributed by atoms with Crippen molar-refractivity contribution >= 4 is 86.7 Å². The largest absolute Gasteiger partial charge is 0.492 e. The Morgan fingerprint density at radius 1 is 0.383 bits per heavy atom.